The van der Waals surface area contributed by atoms with E-state index in [0.29, 0.717) is 0 Å². The first kappa shape index (κ1) is 20.1. The molecule has 1 aliphatic rings. The Morgan fingerprint density at radius 1 is 1.03 bits per heavy atom. The number of rotatable bonds is 5. The van der Waals surface area contributed by atoms with Gasteiger partial charge in [0.25, 0.3) is 0 Å². The molecule has 11 heteroatoms. The molecule has 2 aromatic carbocycles. The summed E-state index contributed by atoms with van der Waals surface area (Å²) in [6, 6.07) is 12.3. The van der Waals surface area contributed by atoms with Gasteiger partial charge in [-0.2, -0.15) is 4.31 Å². The van der Waals surface area contributed by atoms with Crippen LogP contribution in [0.15, 0.2) is 59.8 Å². The van der Waals surface area contributed by atoms with Gasteiger partial charge in [-0.05, 0) is 46.3 Å². The second-order valence-corrected chi connectivity index (χ2v) is 8.78. The van der Waals surface area contributed by atoms with E-state index in [1.165, 1.54) is 33.5 Å². The Balaban J connectivity index is 1.35. The van der Waals surface area contributed by atoms with Crippen LogP contribution < -0.4 is 0 Å². The lowest BCUT2D eigenvalue weighted by Gasteiger charge is -2.34. The summed E-state index contributed by atoms with van der Waals surface area (Å²) in [6.07, 6.45) is 1.70. The molecular weight excluding hydrogens is 411 g/mol. The van der Waals surface area contributed by atoms with E-state index in [-0.39, 0.29) is 43.4 Å². The second-order valence-electron chi connectivity index (χ2n) is 6.84. The Kier molecular flexibility index (Phi) is 5.55. The zero-order valence-electron chi connectivity index (χ0n) is 15.9. The number of piperazine rings is 1. The molecule has 4 rings (SSSR count). The Bertz CT molecular complexity index is 1130. The summed E-state index contributed by atoms with van der Waals surface area (Å²) < 4.78 is 41.6. The largest absolute Gasteiger partial charge is 0.340 e. The van der Waals surface area contributed by atoms with Crippen LogP contribution in [0.3, 0.4) is 0 Å². The van der Waals surface area contributed by atoms with Crippen LogP contribution in [-0.2, 0) is 21.2 Å². The number of sulfonamides is 1. The van der Waals surface area contributed by atoms with Crippen LogP contribution in [0, 0.1) is 5.82 Å². The lowest BCUT2D eigenvalue weighted by atomic mass is 10.1. The molecule has 1 fully saturated rings. The van der Waals surface area contributed by atoms with Crippen LogP contribution in [0.25, 0.3) is 5.69 Å². The SMILES string of the molecule is O=C(Cc1ccc(-n2cnnn2)cc1)N1CCN(S(=O)(=O)c2cccc(F)c2)CC1. The smallest absolute Gasteiger partial charge is 0.243 e. The standard InChI is InChI=1S/C19H19FN6O3S/c20-16-2-1-3-18(13-16)30(28,29)25-10-8-24(9-11-25)19(27)12-15-4-6-17(7-5-15)26-14-21-22-23-26/h1-7,13-14H,8-12H2. The van der Waals surface area contributed by atoms with E-state index in [2.05, 4.69) is 15.5 Å². The van der Waals surface area contributed by atoms with Crippen molar-refractivity contribution in [1.29, 1.82) is 0 Å². The van der Waals surface area contributed by atoms with Crippen molar-refractivity contribution in [3.05, 3.63) is 66.2 Å². The van der Waals surface area contributed by atoms with Crippen LogP contribution in [-0.4, -0.2) is 69.9 Å². The van der Waals surface area contributed by atoms with Crippen molar-refractivity contribution in [2.45, 2.75) is 11.3 Å². The van der Waals surface area contributed by atoms with Crippen molar-refractivity contribution >= 4 is 15.9 Å². The quantitative estimate of drug-likeness (QED) is 0.596. The molecule has 0 saturated carbocycles. The predicted octanol–water partition coefficient (Wildman–Crippen LogP) is 0.877. The molecule has 0 N–H and O–H groups in total. The lowest BCUT2D eigenvalue weighted by Crippen LogP contribution is -2.50. The fourth-order valence-electron chi connectivity index (χ4n) is 3.29. The van der Waals surface area contributed by atoms with Gasteiger partial charge < -0.3 is 4.90 Å². The topological polar surface area (TPSA) is 101 Å². The number of aromatic nitrogens is 4. The fourth-order valence-corrected chi connectivity index (χ4v) is 4.74. The maximum atomic E-state index is 13.4. The highest BCUT2D eigenvalue weighted by Crippen LogP contribution is 2.19. The molecule has 9 nitrogen and oxygen atoms in total. The maximum absolute atomic E-state index is 13.4. The van der Waals surface area contributed by atoms with Gasteiger partial charge in [-0.1, -0.05) is 18.2 Å². The fraction of sp³-hybridized carbons (Fsp3) is 0.263. The number of amides is 1. The molecule has 0 bridgehead atoms. The Hall–Kier alpha value is -3.18. The number of carbonyl (C=O) groups is 1. The minimum atomic E-state index is -3.78. The van der Waals surface area contributed by atoms with Crippen molar-refractivity contribution in [2.24, 2.45) is 0 Å². The van der Waals surface area contributed by atoms with E-state index >= 15 is 0 Å². The molecule has 0 spiro atoms. The summed E-state index contributed by atoms with van der Waals surface area (Å²) in [5.74, 6) is -0.677. The molecule has 156 valence electrons. The first-order valence-electron chi connectivity index (χ1n) is 9.29. The van der Waals surface area contributed by atoms with E-state index in [9.17, 15) is 17.6 Å². The molecule has 0 radical (unpaired) electrons. The van der Waals surface area contributed by atoms with Crippen LogP contribution in [0.2, 0.25) is 0 Å². The Morgan fingerprint density at radius 3 is 2.40 bits per heavy atom. The van der Waals surface area contributed by atoms with Crippen molar-refractivity contribution in [3.8, 4) is 5.69 Å². The molecule has 30 heavy (non-hydrogen) atoms. The molecule has 1 aromatic heterocycles. The van der Waals surface area contributed by atoms with Gasteiger partial charge in [0.1, 0.15) is 12.1 Å². The first-order valence-corrected chi connectivity index (χ1v) is 10.7. The van der Waals surface area contributed by atoms with Crippen LogP contribution in [0.1, 0.15) is 5.56 Å². The molecule has 0 atom stereocenters. The number of hydrogen-bond acceptors (Lipinski definition) is 6. The van der Waals surface area contributed by atoms with Gasteiger partial charge in [0.2, 0.25) is 15.9 Å². The summed E-state index contributed by atoms with van der Waals surface area (Å²) in [4.78, 5) is 14.2. The van der Waals surface area contributed by atoms with Gasteiger partial charge in [0, 0.05) is 26.2 Å². The molecular formula is C19H19FN6O3S. The highest BCUT2D eigenvalue weighted by Gasteiger charge is 2.30. The number of carbonyl (C=O) groups excluding carboxylic acids is 1. The summed E-state index contributed by atoms with van der Waals surface area (Å²) in [6.45, 7) is 0.915. The lowest BCUT2D eigenvalue weighted by molar-refractivity contribution is -0.131. The third-order valence-corrected chi connectivity index (χ3v) is 6.83. The van der Waals surface area contributed by atoms with Gasteiger partial charge in [0.15, 0.2) is 0 Å². The number of tetrazole rings is 1. The van der Waals surface area contributed by atoms with E-state index in [1.54, 1.807) is 4.90 Å². The number of hydrogen-bond donors (Lipinski definition) is 0. The molecule has 2 heterocycles. The van der Waals surface area contributed by atoms with Crippen LogP contribution >= 0.6 is 0 Å². The summed E-state index contributed by atoms with van der Waals surface area (Å²) >= 11 is 0. The van der Waals surface area contributed by atoms with Crippen molar-refractivity contribution in [2.75, 3.05) is 26.2 Å². The average Bonchev–Trinajstić information content (AvgIpc) is 3.29. The third-order valence-electron chi connectivity index (χ3n) is 4.93. The number of halogens is 1. The van der Waals surface area contributed by atoms with Gasteiger partial charge in [-0.15, -0.1) is 5.10 Å². The molecule has 1 amide bonds. The summed E-state index contributed by atoms with van der Waals surface area (Å²) in [5.41, 5.74) is 1.62. The van der Waals surface area contributed by atoms with E-state index in [0.717, 1.165) is 17.3 Å². The number of benzene rings is 2. The minimum absolute atomic E-state index is 0.0759. The zero-order chi connectivity index (χ0) is 21.1. The normalized spacial score (nSPS) is 15.3. The molecule has 0 aliphatic carbocycles. The van der Waals surface area contributed by atoms with Crippen molar-refractivity contribution in [3.63, 3.8) is 0 Å². The highest BCUT2D eigenvalue weighted by molar-refractivity contribution is 7.89. The van der Waals surface area contributed by atoms with Crippen LogP contribution in [0.4, 0.5) is 4.39 Å². The molecule has 3 aromatic rings. The van der Waals surface area contributed by atoms with E-state index in [1.807, 2.05) is 24.3 Å². The molecule has 1 saturated heterocycles. The number of nitrogens with zero attached hydrogens (tertiary/aromatic N) is 6. The van der Waals surface area contributed by atoms with Crippen molar-refractivity contribution in [1.82, 2.24) is 29.4 Å². The van der Waals surface area contributed by atoms with Gasteiger partial charge >= 0.3 is 0 Å². The van der Waals surface area contributed by atoms with Gasteiger partial charge in [0.05, 0.1) is 17.0 Å². The second kappa shape index (κ2) is 8.28. The third kappa shape index (κ3) is 4.21. The zero-order valence-corrected chi connectivity index (χ0v) is 16.7. The van der Waals surface area contributed by atoms with Crippen molar-refractivity contribution < 1.29 is 17.6 Å². The van der Waals surface area contributed by atoms with Gasteiger partial charge in [-0.3, -0.25) is 4.79 Å². The molecule has 1 aliphatic heterocycles. The first-order chi connectivity index (χ1) is 14.4. The Labute approximate surface area is 172 Å². The maximum Gasteiger partial charge on any atom is 0.243 e. The van der Waals surface area contributed by atoms with Crippen LogP contribution in [0.5, 0.6) is 0 Å². The highest BCUT2D eigenvalue weighted by atomic mass is 32.2. The predicted molar refractivity (Wildman–Crippen MR) is 105 cm³/mol. The summed E-state index contributed by atoms with van der Waals surface area (Å²) in [5, 5.41) is 11.0. The Morgan fingerprint density at radius 2 is 1.77 bits per heavy atom. The van der Waals surface area contributed by atoms with E-state index < -0.39 is 15.8 Å². The summed E-state index contributed by atoms with van der Waals surface area (Å²) in [7, 11) is -3.78. The average molecular weight is 430 g/mol. The van der Waals surface area contributed by atoms with E-state index in [4.69, 9.17) is 0 Å². The van der Waals surface area contributed by atoms with Gasteiger partial charge in [-0.25, -0.2) is 17.5 Å². The monoisotopic (exact) mass is 430 g/mol. The molecule has 0 unspecified atom stereocenters. The minimum Gasteiger partial charge on any atom is -0.340 e.